The summed E-state index contributed by atoms with van der Waals surface area (Å²) < 4.78 is 12.5. The second-order valence-corrected chi connectivity index (χ2v) is 7.69. The van der Waals surface area contributed by atoms with Gasteiger partial charge in [-0.15, -0.1) is 0 Å². The maximum Gasteiger partial charge on any atom is 0.127 e. The van der Waals surface area contributed by atoms with E-state index in [1.807, 2.05) is 57.0 Å². The second kappa shape index (κ2) is 5.86. The van der Waals surface area contributed by atoms with E-state index in [4.69, 9.17) is 0 Å². The lowest BCUT2D eigenvalue weighted by Gasteiger charge is -2.27. The minimum absolute atomic E-state index is 0.684. The highest BCUT2D eigenvalue weighted by Crippen LogP contribution is 2.45. The van der Waals surface area contributed by atoms with Crippen LogP contribution in [-0.2, 0) is 4.57 Å². The summed E-state index contributed by atoms with van der Waals surface area (Å²) in [6.45, 7) is 0. The molecule has 14 heavy (non-hydrogen) atoms. The molecule has 0 heterocycles. The summed E-state index contributed by atoms with van der Waals surface area (Å²) >= 11 is 0. The van der Waals surface area contributed by atoms with Gasteiger partial charge >= 0.3 is 0 Å². The van der Waals surface area contributed by atoms with E-state index in [-0.39, 0.29) is 0 Å². The molecule has 0 spiro atoms. The zero-order valence-corrected chi connectivity index (χ0v) is 11.2. The van der Waals surface area contributed by atoms with Crippen LogP contribution < -0.4 is 0 Å². The molecule has 86 valence electrons. The van der Waals surface area contributed by atoms with Crippen molar-refractivity contribution in [3.05, 3.63) is 0 Å². The molecule has 0 aliphatic rings. The van der Waals surface area contributed by atoms with E-state index in [1.54, 1.807) is 0 Å². The molecule has 5 heteroatoms. The molecule has 0 radical (unpaired) electrons. The van der Waals surface area contributed by atoms with Gasteiger partial charge in [0.1, 0.15) is 7.14 Å². The zero-order chi connectivity index (χ0) is 11.4. The third-order valence-electron chi connectivity index (χ3n) is 1.62. The second-order valence-electron chi connectivity index (χ2n) is 4.72. The Hall–Kier alpha value is 0.110. The molecule has 0 amide bonds. The van der Waals surface area contributed by atoms with Crippen molar-refractivity contribution in [1.82, 2.24) is 14.7 Å². The van der Waals surface area contributed by atoms with Crippen molar-refractivity contribution in [2.24, 2.45) is 0 Å². The molecule has 0 aromatic heterocycles. The molecule has 0 aromatic rings. The first kappa shape index (κ1) is 14.1. The van der Waals surface area contributed by atoms with Crippen molar-refractivity contribution in [2.75, 3.05) is 61.1 Å². The van der Waals surface area contributed by atoms with Crippen molar-refractivity contribution in [1.29, 1.82) is 0 Å². The van der Waals surface area contributed by atoms with Crippen LogP contribution in [0, 0.1) is 0 Å². The van der Waals surface area contributed by atoms with Crippen LogP contribution in [0.2, 0.25) is 0 Å². The van der Waals surface area contributed by atoms with Gasteiger partial charge in [0.05, 0.1) is 18.9 Å². The highest BCUT2D eigenvalue weighted by Gasteiger charge is 2.24. The lowest BCUT2D eigenvalue weighted by molar-refractivity contribution is 0.406. The Morgan fingerprint density at radius 3 is 1.07 bits per heavy atom. The predicted molar refractivity (Wildman–Crippen MR) is 63.3 cm³/mol. The van der Waals surface area contributed by atoms with Crippen molar-refractivity contribution in [2.45, 2.75) is 0 Å². The van der Waals surface area contributed by atoms with E-state index in [0.29, 0.717) is 18.9 Å². The van der Waals surface area contributed by atoms with E-state index >= 15 is 0 Å². The summed E-state index contributed by atoms with van der Waals surface area (Å²) in [5.41, 5.74) is 0. The average Bonchev–Trinajstić information content (AvgIpc) is 1.76. The summed E-state index contributed by atoms with van der Waals surface area (Å²) in [7, 11) is 9.71. The molecular formula is C9H24N3OP. The third-order valence-corrected chi connectivity index (χ3v) is 4.87. The van der Waals surface area contributed by atoms with Gasteiger partial charge in [-0.3, -0.25) is 0 Å². The van der Waals surface area contributed by atoms with Crippen LogP contribution in [0.5, 0.6) is 0 Å². The maximum absolute atomic E-state index is 12.5. The van der Waals surface area contributed by atoms with E-state index in [1.165, 1.54) is 0 Å². The SMILES string of the molecule is CN(C)CP(=O)(CN(C)C)CN(C)C. The van der Waals surface area contributed by atoms with Gasteiger partial charge in [0, 0.05) is 0 Å². The molecule has 0 aliphatic heterocycles. The van der Waals surface area contributed by atoms with Gasteiger partial charge in [-0.2, -0.15) is 0 Å². The van der Waals surface area contributed by atoms with Gasteiger partial charge in [-0.1, -0.05) is 0 Å². The Bertz CT molecular complexity index is 171. The Balaban J connectivity index is 4.41. The molecule has 4 nitrogen and oxygen atoms in total. The predicted octanol–water partition coefficient (Wildman–Crippen LogP) is 0.907. The number of hydrogen-bond donors (Lipinski definition) is 0. The molecule has 0 bridgehead atoms. The van der Waals surface area contributed by atoms with Crippen molar-refractivity contribution in [3.63, 3.8) is 0 Å². The van der Waals surface area contributed by atoms with Crippen LogP contribution in [0.1, 0.15) is 0 Å². The fraction of sp³-hybridized carbons (Fsp3) is 1.00. The van der Waals surface area contributed by atoms with E-state index in [9.17, 15) is 4.57 Å². The Labute approximate surface area is 88.2 Å². The normalized spacial score (nSPS) is 13.2. The minimum Gasteiger partial charge on any atom is -0.320 e. The van der Waals surface area contributed by atoms with Gasteiger partial charge in [-0.05, 0) is 42.3 Å². The first-order chi connectivity index (χ1) is 6.25. The quantitative estimate of drug-likeness (QED) is 0.623. The molecule has 0 aliphatic carbocycles. The molecule has 0 aromatic carbocycles. The minimum atomic E-state index is -2.11. The van der Waals surface area contributed by atoms with Crippen molar-refractivity contribution < 1.29 is 4.57 Å². The van der Waals surface area contributed by atoms with E-state index in [2.05, 4.69) is 0 Å². The van der Waals surface area contributed by atoms with Crippen LogP contribution in [-0.4, -0.2) is 75.8 Å². The first-order valence-corrected chi connectivity index (χ1v) is 7.03. The largest absolute Gasteiger partial charge is 0.320 e. The molecule has 0 atom stereocenters. The van der Waals surface area contributed by atoms with Crippen molar-refractivity contribution >= 4 is 7.14 Å². The monoisotopic (exact) mass is 221 g/mol. The smallest absolute Gasteiger partial charge is 0.127 e. The zero-order valence-electron chi connectivity index (χ0n) is 10.3. The van der Waals surface area contributed by atoms with Crippen LogP contribution in [0.4, 0.5) is 0 Å². The highest BCUT2D eigenvalue weighted by molar-refractivity contribution is 7.63. The van der Waals surface area contributed by atoms with Gasteiger partial charge in [0.25, 0.3) is 0 Å². The van der Waals surface area contributed by atoms with Gasteiger partial charge in [0.15, 0.2) is 0 Å². The van der Waals surface area contributed by atoms with Crippen LogP contribution in [0.3, 0.4) is 0 Å². The van der Waals surface area contributed by atoms with E-state index in [0.717, 1.165) is 0 Å². The number of nitrogens with zero attached hydrogens (tertiary/aromatic N) is 3. The van der Waals surface area contributed by atoms with Crippen molar-refractivity contribution in [3.8, 4) is 0 Å². The van der Waals surface area contributed by atoms with Crippen LogP contribution in [0.15, 0.2) is 0 Å². The summed E-state index contributed by atoms with van der Waals surface area (Å²) in [5.74, 6) is 0. The lowest BCUT2D eigenvalue weighted by Crippen LogP contribution is -2.26. The van der Waals surface area contributed by atoms with Gasteiger partial charge < -0.3 is 19.3 Å². The summed E-state index contributed by atoms with van der Waals surface area (Å²) in [5, 5.41) is 0. The summed E-state index contributed by atoms with van der Waals surface area (Å²) in [6.07, 6.45) is 2.05. The maximum atomic E-state index is 12.5. The fourth-order valence-corrected chi connectivity index (χ4v) is 5.04. The van der Waals surface area contributed by atoms with Gasteiger partial charge in [-0.25, -0.2) is 0 Å². The van der Waals surface area contributed by atoms with E-state index < -0.39 is 7.14 Å². The topological polar surface area (TPSA) is 26.8 Å². The summed E-state index contributed by atoms with van der Waals surface area (Å²) in [6, 6.07) is 0. The molecular weight excluding hydrogens is 197 g/mol. The molecule has 0 saturated carbocycles. The molecule has 0 saturated heterocycles. The Morgan fingerprint density at radius 1 is 0.714 bits per heavy atom. The fourth-order valence-electron chi connectivity index (χ4n) is 1.68. The molecule has 0 rings (SSSR count). The van der Waals surface area contributed by atoms with Crippen LogP contribution >= 0.6 is 7.14 Å². The molecule has 0 unspecified atom stereocenters. The highest BCUT2D eigenvalue weighted by atomic mass is 31.2. The standard InChI is InChI=1S/C9H24N3OP/c1-10(2)7-14(13,8-11(3)4)9-12(5)6/h7-9H2,1-6H3. The summed E-state index contributed by atoms with van der Waals surface area (Å²) in [4.78, 5) is 6.02. The van der Waals surface area contributed by atoms with Gasteiger partial charge in [0.2, 0.25) is 0 Å². The average molecular weight is 221 g/mol. The molecule has 0 N–H and O–H groups in total. The third kappa shape index (κ3) is 6.55. The van der Waals surface area contributed by atoms with Crippen LogP contribution in [0.25, 0.3) is 0 Å². The Morgan fingerprint density at radius 2 is 0.929 bits per heavy atom. The molecule has 0 fully saturated rings. The number of rotatable bonds is 6. The lowest BCUT2D eigenvalue weighted by atomic mass is 11.0. The first-order valence-electron chi connectivity index (χ1n) is 4.76. The number of hydrogen-bond acceptors (Lipinski definition) is 4. The Kier molecular flexibility index (Phi) is 5.91.